The molecule has 0 saturated heterocycles. The number of aliphatic imine (C=N–C) groups is 1. The number of fused-ring (bicyclic) bond motifs is 1. The van der Waals surface area contributed by atoms with Gasteiger partial charge < -0.3 is 15.4 Å². The van der Waals surface area contributed by atoms with Crippen molar-refractivity contribution in [3.8, 4) is 0 Å². The molecule has 0 radical (unpaired) electrons. The molecular weight excluding hydrogens is 380 g/mol. The maximum Gasteiger partial charge on any atom is 0.345 e. The molecule has 1 aliphatic carbocycles. The molecule has 8 nitrogen and oxygen atoms in total. The van der Waals surface area contributed by atoms with E-state index >= 15 is 0 Å². The van der Waals surface area contributed by atoms with E-state index in [9.17, 15) is 4.79 Å². The summed E-state index contributed by atoms with van der Waals surface area (Å²) in [5, 5.41) is 11.3. The molecule has 1 aromatic heterocycles. The van der Waals surface area contributed by atoms with E-state index in [1.165, 1.54) is 25.7 Å². The number of nitrogens with zero attached hydrogens (tertiary/aromatic N) is 4. The van der Waals surface area contributed by atoms with Crippen molar-refractivity contribution >= 4 is 5.96 Å². The van der Waals surface area contributed by atoms with Gasteiger partial charge in [-0.15, -0.1) is 0 Å². The molecule has 1 saturated carbocycles. The highest BCUT2D eigenvalue weighted by atomic mass is 16.5. The number of ether oxygens (including phenoxy) is 1. The second-order valence-electron chi connectivity index (χ2n) is 8.66. The molecule has 170 valence electrons. The molecule has 2 heterocycles. The van der Waals surface area contributed by atoms with Gasteiger partial charge >= 0.3 is 5.69 Å². The Kier molecular flexibility index (Phi) is 8.78. The molecule has 0 atom stereocenters. The summed E-state index contributed by atoms with van der Waals surface area (Å²) in [4.78, 5) is 17.3. The monoisotopic (exact) mass is 420 g/mol. The standard InChI is InChI=1S/C22H40N6O2/c1-3-23-20(25-18-22(11-6-7-12-22)13-17-30-4-2)24-14-9-16-28-21(29)27-15-8-5-10-19(27)26-28/h3-18H2,1-2H3,(H2,23,24,25). The minimum Gasteiger partial charge on any atom is -0.382 e. The number of nitrogens with one attached hydrogen (secondary N) is 2. The summed E-state index contributed by atoms with van der Waals surface area (Å²) in [5.74, 6) is 1.82. The van der Waals surface area contributed by atoms with E-state index in [0.717, 1.165) is 83.3 Å². The number of aromatic nitrogens is 3. The fourth-order valence-corrected chi connectivity index (χ4v) is 4.66. The normalized spacial score (nSPS) is 18.4. The van der Waals surface area contributed by atoms with E-state index in [2.05, 4.69) is 29.6 Å². The quantitative estimate of drug-likeness (QED) is 0.326. The summed E-state index contributed by atoms with van der Waals surface area (Å²) in [6.07, 6.45) is 10.2. The van der Waals surface area contributed by atoms with Gasteiger partial charge in [-0.3, -0.25) is 9.56 Å². The van der Waals surface area contributed by atoms with Crippen molar-refractivity contribution in [2.24, 2.45) is 10.4 Å². The first-order chi connectivity index (χ1) is 14.7. The van der Waals surface area contributed by atoms with Crippen LogP contribution >= 0.6 is 0 Å². The molecule has 0 aromatic carbocycles. The molecule has 2 aliphatic rings. The van der Waals surface area contributed by atoms with Crippen molar-refractivity contribution < 1.29 is 4.74 Å². The third-order valence-electron chi connectivity index (χ3n) is 6.43. The van der Waals surface area contributed by atoms with Gasteiger partial charge in [0.25, 0.3) is 0 Å². The minimum atomic E-state index is 0.0442. The zero-order chi connectivity index (χ0) is 21.2. The van der Waals surface area contributed by atoms with Crippen LogP contribution in [0.5, 0.6) is 0 Å². The lowest BCUT2D eigenvalue weighted by atomic mass is 9.83. The fourth-order valence-electron chi connectivity index (χ4n) is 4.66. The smallest absolute Gasteiger partial charge is 0.345 e. The van der Waals surface area contributed by atoms with Crippen LogP contribution in [0.4, 0.5) is 0 Å². The lowest BCUT2D eigenvalue weighted by Gasteiger charge is -2.27. The Hall–Kier alpha value is -1.83. The SMILES string of the molecule is CCNC(=NCC1(CCOCC)CCCC1)NCCCn1nc2n(c1=O)CCCC2. The van der Waals surface area contributed by atoms with E-state index in [4.69, 9.17) is 9.73 Å². The molecular formula is C22H40N6O2. The van der Waals surface area contributed by atoms with Gasteiger partial charge in [-0.2, -0.15) is 5.10 Å². The Bertz CT molecular complexity index is 732. The predicted molar refractivity (Wildman–Crippen MR) is 120 cm³/mol. The Balaban J connectivity index is 1.49. The summed E-state index contributed by atoms with van der Waals surface area (Å²) >= 11 is 0. The van der Waals surface area contributed by atoms with Gasteiger partial charge in [-0.1, -0.05) is 12.8 Å². The van der Waals surface area contributed by atoms with Crippen LogP contribution < -0.4 is 16.3 Å². The lowest BCUT2D eigenvalue weighted by Crippen LogP contribution is -2.39. The highest BCUT2D eigenvalue weighted by Gasteiger charge is 2.33. The molecule has 8 heteroatoms. The number of hydrogen-bond donors (Lipinski definition) is 2. The molecule has 1 aromatic rings. The molecule has 1 aliphatic heterocycles. The van der Waals surface area contributed by atoms with Gasteiger partial charge in [0.05, 0.1) is 0 Å². The Morgan fingerprint density at radius 2 is 2.03 bits per heavy atom. The first-order valence-electron chi connectivity index (χ1n) is 11.9. The van der Waals surface area contributed by atoms with Gasteiger partial charge in [-0.25, -0.2) is 9.48 Å². The number of rotatable bonds is 11. The molecule has 2 N–H and O–H groups in total. The highest BCUT2D eigenvalue weighted by Crippen LogP contribution is 2.41. The molecule has 0 unspecified atom stereocenters. The van der Waals surface area contributed by atoms with Crippen molar-refractivity contribution in [1.29, 1.82) is 0 Å². The Morgan fingerprint density at radius 1 is 1.20 bits per heavy atom. The zero-order valence-corrected chi connectivity index (χ0v) is 18.9. The predicted octanol–water partition coefficient (Wildman–Crippen LogP) is 2.31. The fraction of sp³-hybridized carbons (Fsp3) is 0.864. The van der Waals surface area contributed by atoms with Crippen LogP contribution in [-0.2, 0) is 24.2 Å². The van der Waals surface area contributed by atoms with Gasteiger partial charge in [0.15, 0.2) is 5.96 Å². The van der Waals surface area contributed by atoms with E-state index < -0.39 is 0 Å². The van der Waals surface area contributed by atoms with Crippen LogP contribution in [0.1, 0.15) is 71.0 Å². The maximum atomic E-state index is 12.4. The second-order valence-corrected chi connectivity index (χ2v) is 8.66. The van der Waals surface area contributed by atoms with Gasteiger partial charge in [0, 0.05) is 52.4 Å². The third-order valence-corrected chi connectivity index (χ3v) is 6.43. The number of hydrogen-bond acceptors (Lipinski definition) is 4. The third kappa shape index (κ3) is 6.09. The largest absolute Gasteiger partial charge is 0.382 e. The van der Waals surface area contributed by atoms with Crippen molar-refractivity contribution in [2.75, 3.05) is 32.8 Å². The zero-order valence-electron chi connectivity index (χ0n) is 18.9. The summed E-state index contributed by atoms with van der Waals surface area (Å²) < 4.78 is 9.09. The van der Waals surface area contributed by atoms with Crippen LogP contribution in [0.25, 0.3) is 0 Å². The van der Waals surface area contributed by atoms with Crippen LogP contribution in [0, 0.1) is 5.41 Å². The van der Waals surface area contributed by atoms with Gasteiger partial charge in [0.2, 0.25) is 0 Å². The van der Waals surface area contributed by atoms with Gasteiger partial charge in [-0.05, 0) is 57.8 Å². The Morgan fingerprint density at radius 3 is 2.77 bits per heavy atom. The molecule has 0 amide bonds. The topological polar surface area (TPSA) is 85.5 Å². The first kappa shape index (κ1) is 22.8. The van der Waals surface area contributed by atoms with E-state index in [1.54, 1.807) is 4.68 Å². The van der Waals surface area contributed by atoms with Gasteiger partial charge in [0.1, 0.15) is 5.82 Å². The summed E-state index contributed by atoms with van der Waals surface area (Å²) in [6.45, 7) is 9.68. The molecule has 1 fully saturated rings. The second kappa shape index (κ2) is 11.5. The van der Waals surface area contributed by atoms with Crippen molar-refractivity contribution in [2.45, 2.75) is 84.7 Å². The highest BCUT2D eigenvalue weighted by molar-refractivity contribution is 5.79. The molecule has 0 spiro atoms. The van der Waals surface area contributed by atoms with E-state index in [-0.39, 0.29) is 5.69 Å². The average molecular weight is 421 g/mol. The number of guanidine groups is 1. The Labute approximate surface area is 180 Å². The summed E-state index contributed by atoms with van der Waals surface area (Å²) in [5.41, 5.74) is 0.336. The summed E-state index contributed by atoms with van der Waals surface area (Å²) in [6, 6.07) is 0. The molecule has 30 heavy (non-hydrogen) atoms. The van der Waals surface area contributed by atoms with Crippen molar-refractivity contribution in [3.05, 3.63) is 16.3 Å². The summed E-state index contributed by atoms with van der Waals surface area (Å²) in [7, 11) is 0. The minimum absolute atomic E-state index is 0.0442. The van der Waals surface area contributed by atoms with Crippen molar-refractivity contribution in [3.63, 3.8) is 0 Å². The van der Waals surface area contributed by atoms with Crippen LogP contribution in [-0.4, -0.2) is 53.2 Å². The molecule has 3 rings (SSSR count). The van der Waals surface area contributed by atoms with E-state index in [1.807, 2.05) is 4.57 Å². The van der Waals surface area contributed by atoms with E-state index in [0.29, 0.717) is 12.0 Å². The molecule has 0 bridgehead atoms. The van der Waals surface area contributed by atoms with Crippen LogP contribution in [0.15, 0.2) is 9.79 Å². The van der Waals surface area contributed by atoms with Crippen LogP contribution in [0.3, 0.4) is 0 Å². The maximum absolute atomic E-state index is 12.4. The first-order valence-corrected chi connectivity index (χ1v) is 11.9. The lowest BCUT2D eigenvalue weighted by molar-refractivity contribution is 0.107. The van der Waals surface area contributed by atoms with Crippen molar-refractivity contribution in [1.82, 2.24) is 25.0 Å². The number of aryl methyl sites for hydroxylation is 2. The average Bonchev–Trinajstić information content (AvgIpc) is 3.35. The van der Waals surface area contributed by atoms with Crippen LogP contribution in [0.2, 0.25) is 0 Å².